The third kappa shape index (κ3) is 2.78. The van der Waals surface area contributed by atoms with Crippen molar-refractivity contribution in [3.63, 3.8) is 0 Å². The van der Waals surface area contributed by atoms with Crippen molar-refractivity contribution in [1.82, 2.24) is 4.98 Å². The number of aliphatic imine (C=N–C) groups is 1. The topological polar surface area (TPSA) is 63.9 Å². The Morgan fingerprint density at radius 2 is 1.92 bits per heavy atom. The number of hydrogen-bond acceptors (Lipinski definition) is 5. The molecule has 3 atom stereocenters. The van der Waals surface area contributed by atoms with Crippen LogP contribution in [0.3, 0.4) is 0 Å². The molecular weight excluding hydrogens is 316 g/mol. The van der Waals surface area contributed by atoms with E-state index in [9.17, 15) is 5.11 Å². The molecule has 1 fully saturated rings. The van der Waals surface area contributed by atoms with Crippen LogP contribution in [0, 0.1) is 0 Å². The average Bonchev–Trinajstić information content (AvgIpc) is 2.67. The number of methoxy groups -OCH3 is 2. The molecule has 1 aromatic heterocycles. The molecule has 1 aliphatic carbocycles. The zero-order valence-corrected chi connectivity index (χ0v) is 14.5. The number of rotatable bonds is 3. The molecule has 2 aliphatic rings. The first-order chi connectivity index (χ1) is 12.2. The van der Waals surface area contributed by atoms with Crippen LogP contribution in [-0.4, -0.2) is 42.2 Å². The first-order valence-corrected chi connectivity index (χ1v) is 8.63. The van der Waals surface area contributed by atoms with Crippen LogP contribution in [0.2, 0.25) is 0 Å². The highest BCUT2D eigenvalue weighted by Crippen LogP contribution is 2.44. The first-order valence-electron chi connectivity index (χ1n) is 8.63. The average molecular weight is 338 g/mol. The van der Waals surface area contributed by atoms with Gasteiger partial charge in [0, 0.05) is 29.4 Å². The van der Waals surface area contributed by atoms with Gasteiger partial charge in [-0.1, -0.05) is 0 Å². The zero-order chi connectivity index (χ0) is 17.4. The van der Waals surface area contributed by atoms with Crippen molar-refractivity contribution in [2.45, 2.75) is 37.3 Å². The van der Waals surface area contributed by atoms with Gasteiger partial charge in [0.1, 0.15) is 0 Å². The lowest BCUT2D eigenvalue weighted by Gasteiger charge is -2.37. The molecule has 1 aliphatic heterocycles. The Kier molecular flexibility index (Phi) is 4.17. The Morgan fingerprint density at radius 1 is 1.12 bits per heavy atom. The van der Waals surface area contributed by atoms with E-state index in [1.165, 1.54) is 5.56 Å². The van der Waals surface area contributed by atoms with Crippen molar-refractivity contribution < 1.29 is 14.6 Å². The first kappa shape index (κ1) is 16.1. The highest BCUT2D eigenvalue weighted by Gasteiger charge is 2.37. The SMILES string of the molecule is COc1cc2c(cc1OC)C1CC(O)CCC1N=C2c1cccnc1. The molecule has 0 bridgehead atoms. The standard InChI is InChI=1S/C20H22N2O3/c1-24-18-9-14-15-8-13(23)5-6-17(15)22-20(12-4-3-7-21-11-12)16(14)10-19(18)25-2/h3-4,7,9-11,13,15,17,23H,5-6,8H2,1-2H3. The van der Waals surface area contributed by atoms with Gasteiger partial charge in [0.15, 0.2) is 11.5 Å². The van der Waals surface area contributed by atoms with Crippen LogP contribution in [0.5, 0.6) is 11.5 Å². The lowest BCUT2D eigenvalue weighted by Crippen LogP contribution is -2.34. The Labute approximate surface area is 147 Å². The number of aromatic nitrogens is 1. The second-order valence-electron chi connectivity index (χ2n) is 6.65. The van der Waals surface area contributed by atoms with Crippen LogP contribution in [0.4, 0.5) is 0 Å². The predicted molar refractivity (Wildman–Crippen MR) is 95.8 cm³/mol. The third-order valence-electron chi connectivity index (χ3n) is 5.23. The Balaban J connectivity index is 1.90. The van der Waals surface area contributed by atoms with Crippen molar-refractivity contribution in [2.75, 3.05) is 14.2 Å². The summed E-state index contributed by atoms with van der Waals surface area (Å²) in [5, 5.41) is 10.2. The lowest BCUT2D eigenvalue weighted by atomic mass is 9.74. The molecule has 130 valence electrons. The molecule has 3 unspecified atom stereocenters. The summed E-state index contributed by atoms with van der Waals surface area (Å²) < 4.78 is 11.0. The second-order valence-corrected chi connectivity index (χ2v) is 6.65. The summed E-state index contributed by atoms with van der Waals surface area (Å²) in [6, 6.07) is 8.19. The maximum absolute atomic E-state index is 10.2. The molecule has 0 amide bonds. The molecule has 0 saturated heterocycles. The monoisotopic (exact) mass is 338 g/mol. The minimum Gasteiger partial charge on any atom is -0.493 e. The quantitative estimate of drug-likeness (QED) is 0.934. The molecule has 0 spiro atoms. The van der Waals surface area contributed by atoms with Gasteiger partial charge in [-0.25, -0.2) is 0 Å². The summed E-state index contributed by atoms with van der Waals surface area (Å²) in [4.78, 5) is 9.30. The van der Waals surface area contributed by atoms with E-state index >= 15 is 0 Å². The maximum atomic E-state index is 10.2. The third-order valence-corrected chi connectivity index (χ3v) is 5.23. The van der Waals surface area contributed by atoms with Crippen LogP contribution >= 0.6 is 0 Å². The van der Waals surface area contributed by atoms with Crippen LogP contribution in [0.15, 0.2) is 41.7 Å². The number of benzene rings is 1. The van der Waals surface area contributed by atoms with Gasteiger partial charge in [-0.2, -0.15) is 0 Å². The minimum atomic E-state index is -0.266. The second kappa shape index (κ2) is 6.48. The van der Waals surface area contributed by atoms with Crippen molar-refractivity contribution in [2.24, 2.45) is 4.99 Å². The predicted octanol–water partition coefficient (Wildman–Crippen LogP) is 2.95. The minimum absolute atomic E-state index is 0.184. The van der Waals surface area contributed by atoms with Gasteiger partial charge in [0.25, 0.3) is 0 Å². The molecule has 5 nitrogen and oxygen atoms in total. The number of nitrogens with zero attached hydrogens (tertiary/aromatic N) is 2. The van der Waals surface area contributed by atoms with Crippen molar-refractivity contribution in [3.05, 3.63) is 53.3 Å². The smallest absolute Gasteiger partial charge is 0.161 e. The van der Waals surface area contributed by atoms with Gasteiger partial charge < -0.3 is 14.6 Å². The fourth-order valence-electron chi connectivity index (χ4n) is 4.00. The molecule has 0 radical (unpaired) electrons. The summed E-state index contributed by atoms with van der Waals surface area (Å²) in [7, 11) is 3.29. The van der Waals surface area contributed by atoms with E-state index in [2.05, 4.69) is 11.1 Å². The summed E-state index contributed by atoms with van der Waals surface area (Å²) in [5.41, 5.74) is 4.17. The van der Waals surface area contributed by atoms with Crippen LogP contribution in [-0.2, 0) is 0 Å². The number of aliphatic hydroxyl groups is 1. The zero-order valence-electron chi connectivity index (χ0n) is 14.5. The Hall–Kier alpha value is -2.40. The highest BCUT2D eigenvalue weighted by atomic mass is 16.5. The van der Waals surface area contributed by atoms with E-state index in [-0.39, 0.29) is 18.1 Å². The summed E-state index contributed by atoms with van der Waals surface area (Å²) in [5.74, 6) is 1.61. The van der Waals surface area contributed by atoms with E-state index in [0.717, 1.165) is 36.1 Å². The normalized spacial score (nSPS) is 24.8. The van der Waals surface area contributed by atoms with E-state index < -0.39 is 0 Å². The lowest BCUT2D eigenvalue weighted by molar-refractivity contribution is 0.111. The van der Waals surface area contributed by atoms with Gasteiger partial charge in [0.05, 0.1) is 32.1 Å². The number of aliphatic hydroxyl groups excluding tert-OH is 1. The van der Waals surface area contributed by atoms with E-state index in [4.69, 9.17) is 14.5 Å². The fraction of sp³-hybridized carbons (Fsp3) is 0.400. The van der Waals surface area contributed by atoms with Gasteiger partial charge in [0.2, 0.25) is 0 Å². The largest absolute Gasteiger partial charge is 0.493 e. The number of hydrogen-bond donors (Lipinski definition) is 1. The van der Waals surface area contributed by atoms with Crippen LogP contribution in [0.1, 0.15) is 41.9 Å². The molecule has 1 N–H and O–H groups in total. The van der Waals surface area contributed by atoms with E-state index in [0.29, 0.717) is 11.5 Å². The maximum Gasteiger partial charge on any atom is 0.161 e. The van der Waals surface area contributed by atoms with Crippen LogP contribution < -0.4 is 9.47 Å². The molecule has 5 heteroatoms. The van der Waals surface area contributed by atoms with E-state index in [1.54, 1.807) is 20.4 Å². The molecule has 25 heavy (non-hydrogen) atoms. The highest BCUT2D eigenvalue weighted by molar-refractivity contribution is 6.14. The van der Waals surface area contributed by atoms with Crippen molar-refractivity contribution in [3.8, 4) is 11.5 Å². The van der Waals surface area contributed by atoms with Crippen molar-refractivity contribution >= 4 is 5.71 Å². The summed E-state index contributed by atoms with van der Waals surface area (Å²) in [6.07, 6.45) is 5.77. The molecule has 2 heterocycles. The van der Waals surface area contributed by atoms with Gasteiger partial charge in [-0.05, 0) is 49.1 Å². The van der Waals surface area contributed by atoms with Gasteiger partial charge in [-0.15, -0.1) is 0 Å². The van der Waals surface area contributed by atoms with Gasteiger partial charge >= 0.3 is 0 Å². The Bertz CT molecular complexity index is 804. The number of fused-ring (bicyclic) bond motifs is 3. The summed E-state index contributed by atoms with van der Waals surface area (Å²) >= 11 is 0. The molecule has 1 aromatic carbocycles. The van der Waals surface area contributed by atoms with Gasteiger partial charge in [-0.3, -0.25) is 9.98 Å². The molecular formula is C20H22N2O3. The molecule has 1 saturated carbocycles. The fourth-order valence-corrected chi connectivity index (χ4v) is 4.00. The molecule has 2 aromatic rings. The number of pyridine rings is 1. The van der Waals surface area contributed by atoms with Crippen LogP contribution in [0.25, 0.3) is 0 Å². The molecule has 4 rings (SSSR count). The summed E-state index contributed by atoms with van der Waals surface area (Å²) in [6.45, 7) is 0. The Morgan fingerprint density at radius 3 is 2.64 bits per heavy atom. The number of ether oxygens (including phenoxy) is 2. The van der Waals surface area contributed by atoms with Crippen molar-refractivity contribution in [1.29, 1.82) is 0 Å². The van der Waals surface area contributed by atoms with E-state index in [1.807, 2.05) is 24.4 Å².